The maximum atomic E-state index is 6.65. The number of rotatable bonds is 6. The van der Waals surface area contributed by atoms with Crippen LogP contribution >= 0.6 is 0 Å². The zero-order chi connectivity index (χ0) is 54.4. The van der Waals surface area contributed by atoms with E-state index in [1.165, 1.54) is 105 Å². The average molecular weight is 1050 g/mol. The van der Waals surface area contributed by atoms with E-state index in [1.807, 2.05) is 0 Å². The van der Waals surface area contributed by atoms with Crippen LogP contribution in [0.2, 0.25) is 0 Å². The quantitative estimate of drug-likeness (QED) is 0.163. The molecule has 82 heavy (non-hydrogen) atoms. The molecule has 3 aromatic heterocycles. The van der Waals surface area contributed by atoms with Crippen LogP contribution in [0.15, 0.2) is 264 Å². The largest absolute Gasteiger partial charge is 0.456 e. The average Bonchev–Trinajstić information content (AvgIpc) is 1.66. The number of aliphatic imine (C=N–C) groups is 1. The van der Waals surface area contributed by atoms with E-state index in [0.29, 0.717) is 0 Å². The summed E-state index contributed by atoms with van der Waals surface area (Å²) in [6.45, 7) is 7.17. The summed E-state index contributed by atoms with van der Waals surface area (Å²) in [5.74, 6) is 0.239. The number of allylic oxidation sites excluding steroid dienone is 1. The summed E-state index contributed by atoms with van der Waals surface area (Å²) in [6.07, 6.45) is 1.84. The Morgan fingerprint density at radius 2 is 1.06 bits per heavy atom. The van der Waals surface area contributed by atoms with Gasteiger partial charge in [0.15, 0.2) is 0 Å². The SMILES string of the molecule is CCC1CC(n2c3ccccc3c3cc(-c4ccccc4)ccc32)C(C)/C(C)=C(c2cccc(-n3c4ccccc4c4ccc5c(c43)-c3ccccc3C53c4ccccc4-c4ccccc43)c2)/N=C\1c1ccc2c(c1)oc1ccccc12. The molecule has 0 amide bonds. The summed E-state index contributed by atoms with van der Waals surface area (Å²) in [5, 5.41) is 7.31. The van der Waals surface area contributed by atoms with Crippen LogP contribution in [0.3, 0.4) is 0 Å². The maximum Gasteiger partial charge on any atom is 0.136 e. The second-order valence-corrected chi connectivity index (χ2v) is 23.2. The second kappa shape index (κ2) is 17.9. The van der Waals surface area contributed by atoms with Gasteiger partial charge in [0, 0.05) is 72.1 Å². The van der Waals surface area contributed by atoms with Gasteiger partial charge in [0.2, 0.25) is 0 Å². The van der Waals surface area contributed by atoms with Crippen molar-refractivity contribution in [3.8, 4) is 39.1 Å². The molecular formula is C78H57N3O. The monoisotopic (exact) mass is 1050 g/mol. The minimum Gasteiger partial charge on any atom is -0.456 e. The minimum absolute atomic E-state index is 0.103. The predicted octanol–water partition coefficient (Wildman–Crippen LogP) is 20.3. The Morgan fingerprint density at radius 1 is 0.463 bits per heavy atom. The molecule has 3 atom stereocenters. The van der Waals surface area contributed by atoms with Crippen molar-refractivity contribution in [2.24, 2.45) is 16.8 Å². The van der Waals surface area contributed by atoms with Gasteiger partial charge in [0.1, 0.15) is 11.2 Å². The Labute approximate surface area is 476 Å². The molecule has 0 saturated heterocycles. The van der Waals surface area contributed by atoms with Gasteiger partial charge in [0.25, 0.3) is 0 Å². The number of hydrogen-bond acceptors (Lipinski definition) is 2. The van der Waals surface area contributed by atoms with Gasteiger partial charge in [-0.05, 0) is 141 Å². The Bertz CT molecular complexity index is 5010. The van der Waals surface area contributed by atoms with Crippen LogP contribution in [-0.4, -0.2) is 14.8 Å². The maximum absolute atomic E-state index is 6.65. The smallest absolute Gasteiger partial charge is 0.136 e. The summed E-state index contributed by atoms with van der Waals surface area (Å²) < 4.78 is 11.9. The van der Waals surface area contributed by atoms with Crippen molar-refractivity contribution in [3.63, 3.8) is 0 Å². The Kier molecular flexibility index (Phi) is 10.3. The number of aromatic nitrogens is 2. The number of hydrogen-bond donors (Lipinski definition) is 0. The Hall–Kier alpha value is -9.77. The third-order valence-electron chi connectivity index (χ3n) is 19.3. The summed E-state index contributed by atoms with van der Waals surface area (Å²) in [4.78, 5) is 6.07. The molecule has 14 aromatic rings. The highest BCUT2D eigenvalue weighted by atomic mass is 16.3. The van der Waals surface area contributed by atoms with Crippen molar-refractivity contribution in [2.45, 2.75) is 45.1 Å². The molecule has 0 bridgehead atoms. The van der Waals surface area contributed by atoms with Crippen molar-refractivity contribution in [3.05, 3.63) is 288 Å². The third kappa shape index (κ3) is 6.52. The lowest BCUT2D eigenvalue weighted by atomic mass is 9.70. The molecule has 390 valence electrons. The van der Waals surface area contributed by atoms with Crippen LogP contribution in [0.25, 0.3) is 110 Å². The highest BCUT2D eigenvalue weighted by molar-refractivity contribution is 6.17. The van der Waals surface area contributed by atoms with Gasteiger partial charge in [-0.2, -0.15) is 0 Å². The summed E-state index contributed by atoms with van der Waals surface area (Å²) in [6, 6.07) is 92.9. The van der Waals surface area contributed by atoms with Gasteiger partial charge in [-0.25, -0.2) is 0 Å². The molecule has 0 radical (unpaired) electrons. The van der Waals surface area contributed by atoms with E-state index in [9.17, 15) is 0 Å². The molecule has 11 aromatic carbocycles. The van der Waals surface area contributed by atoms with Crippen molar-refractivity contribution in [1.29, 1.82) is 0 Å². The zero-order valence-corrected chi connectivity index (χ0v) is 46.1. The first-order valence-electron chi connectivity index (χ1n) is 29.2. The molecule has 0 N–H and O–H groups in total. The summed E-state index contributed by atoms with van der Waals surface area (Å²) in [7, 11) is 0. The molecule has 3 aliphatic rings. The lowest BCUT2D eigenvalue weighted by molar-refractivity contribution is 0.349. The molecule has 1 aliphatic heterocycles. The summed E-state index contributed by atoms with van der Waals surface area (Å²) >= 11 is 0. The molecule has 4 heteroatoms. The second-order valence-electron chi connectivity index (χ2n) is 23.2. The predicted molar refractivity (Wildman–Crippen MR) is 341 cm³/mol. The lowest BCUT2D eigenvalue weighted by Gasteiger charge is -2.35. The van der Waals surface area contributed by atoms with Crippen LogP contribution in [-0.2, 0) is 5.41 Å². The molecule has 0 saturated carbocycles. The third-order valence-corrected chi connectivity index (χ3v) is 19.3. The highest BCUT2D eigenvalue weighted by Gasteiger charge is 2.52. The van der Waals surface area contributed by atoms with Crippen LogP contribution in [0, 0.1) is 11.8 Å². The van der Waals surface area contributed by atoms with E-state index >= 15 is 0 Å². The van der Waals surface area contributed by atoms with Gasteiger partial charge >= 0.3 is 0 Å². The van der Waals surface area contributed by atoms with Crippen molar-refractivity contribution in [1.82, 2.24) is 9.13 Å². The molecule has 0 fully saturated rings. The topological polar surface area (TPSA) is 35.4 Å². The highest BCUT2D eigenvalue weighted by Crippen LogP contribution is 2.64. The lowest BCUT2D eigenvalue weighted by Crippen LogP contribution is -2.28. The first-order valence-corrected chi connectivity index (χ1v) is 29.2. The van der Waals surface area contributed by atoms with Crippen molar-refractivity contribution >= 4 is 77.0 Å². The molecule has 3 unspecified atom stereocenters. The van der Waals surface area contributed by atoms with Gasteiger partial charge in [-0.3, -0.25) is 4.99 Å². The van der Waals surface area contributed by atoms with E-state index in [1.54, 1.807) is 0 Å². The van der Waals surface area contributed by atoms with Gasteiger partial charge in [0.05, 0.1) is 27.9 Å². The number of furan rings is 1. The number of benzene rings is 11. The molecule has 1 spiro atoms. The zero-order valence-electron chi connectivity index (χ0n) is 46.1. The fraction of sp³-hybridized carbons (Fsp3) is 0.115. The summed E-state index contributed by atoms with van der Waals surface area (Å²) in [5.41, 5.74) is 26.0. The Balaban J connectivity index is 0.902. The molecule has 4 nitrogen and oxygen atoms in total. The van der Waals surface area contributed by atoms with E-state index < -0.39 is 5.41 Å². The number of fused-ring (bicyclic) bond motifs is 20. The van der Waals surface area contributed by atoms with E-state index in [0.717, 1.165) is 63.0 Å². The first-order chi connectivity index (χ1) is 40.5. The van der Waals surface area contributed by atoms with Crippen LogP contribution in [0.4, 0.5) is 0 Å². The van der Waals surface area contributed by atoms with Gasteiger partial charge in [-0.1, -0.05) is 208 Å². The van der Waals surface area contributed by atoms with Crippen LogP contribution in [0.5, 0.6) is 0 Å². The van der Waals surface area contributed by atoms with E-state index in [4.69, 9.17) is 9.41 Å². The van der Waals surface area contributed by atoms with Crippen LogP contribution < -0.4 is 0 Å². The molecular weight excluding hydrogens is 995 g/mol. The van der Waals surface area contributed by atoms with Crippen molar-refractivity contribution in [2.75, 3.05) is 0 Å². The fourth-order valence-electron chi connectivity index (χ4n) is 15.4. The van der Waals surface area contributed by atoms with E-state index in [2.05, 4.69) is 279 Å². The molecule has 2 aliphatic carbocycles. The number of para-hydroxylation sites is 3. The standard InChI is InChI=1S/C78H57N3O/c1-4-49-45-71(81-69-35-18-12-28-58(69)63-44-51(38-42-70(63)81)50-21-6-5-7-22-50)47(2)48(3)75(79-76(49)53-37-39-60-59-29-13-19-36-72(59)82-73(60)46-53)52-23-20-24-54(43-52)80-68-34-17-11-27-57(68)61-40-41-67-74(77(61)80)62-30-10-16-33-66(62)78(67)64-31-14-8-25-55(64)56-26-9-15-32-65(56)78/h5-44,46-47,49,71H,4,45H2,1-3H3/b75-48+,79-76+. The fourth-order valence-corrected chi connectivity index (χ4v) is 15.4. The van der Waals surface area contributed by atoms with Crippen LogP contribution in [0.1, 0.15) is 73.0 Å². The van der Waals surface area contributed by atoms with Gasteiger partial charge in [-0.15, -0.1) is 0 Å². The van der Waals surface area contributed by atoms with Gasteiger partial charge < -0.3 is 13.6 Å². The Morgan fingerprint density at radius 3 is 1.83 bits per heavy atom. The van der Waals surface area contributed by atoms with Crippen molar-refractivity contribution < 1.29 is 4.42 Å². The number of nitrogens with zero attached hydrogens (tertiary/aromatic N) is 3. The minimum atomic E-state index is -0.462. The molecule has 4 heterocycles. The molecule has 17 rings (SSSR count). The normalized spacial score (nSPS) is 18.7. The first kappa shape index (κ1) is 47.1. The van der Waals surface area contributed by atoms with E-state index in [-0.39, 0.29) is 17.9 Å².